The molecule has 1 N–H and O–H groups in total. The van der Waals surface area contributed by atoms with E-state index >= 15 is 0 Å². The maximum absolute atomic E-state index is 5.43. The average Bonchev–Trinajstić information content (AvgIpc) is 2.82. The maximum atomic E-state index is 5.43. The van der Waals surface area contributed by atoms with Crippen LogP contribution in [-0.4, -0.2) is 38.2 Å². The van der Waals surface area contributed by atoms with Crippen molar-refractivity contribution in [2.24, 2.45) is 0 Å². The van der Waals surface area contributed by atoms with E-state index in [2.05, 4.69) is 35.5 Å². The van der Waals surface area contributed by atoms with Crippen LogP contribution in [0.25, 0.3) is 0 Å². The summed E-state index contributed by atoms with van der Waals surface area (Å²) < 4.78 is 5.43. The lowest BCUT2D eigenvalue weighted by molar-refractivity contribution is 0.148. The van der Waals surface area contributed by atoms with Crippen molar-refractivity contribution in [1.29, 1.82) is 0 Å². The molecule has 0 saturated carbocycles. The first-order valence-electron chi connectivity index (χ1n) is 8.41. The molecule has 3 heteroatoms. The number of methoxy groups -OCH3 is 1. The van der Waals surface area contributed by atoms with Gasteiger partial charge in [-0.25, -0.2) is 0 Å². The molecule has 1 aliphatic carbocycles. The molecule has 1 aliphatic heterocycles. The number of likely N-dealkylation sites (tertiary alicyclic amines) is 1. The van der Waals surface area contributed by atoms with Crippen LogP contribution in [0, 0.1) is 0 Å². The second kappa shape index (κ2) is 6.80. The lowest BCUT2D eigenvalue weighted by atomic mass is 9.83. The van der Waals surface area contributed by atoms with Crippen molar-refractivity contribution in [3.63, 3.8) is 0 Å². The van der Waals surface area contributed by atoms with Crippen molar-refractivity contribution >= 4 is 0 Å². The number of benzene rings is 1. The Labute approximate surface area is 128 Å². The van der Waals surface area contributed by atoms with Crippen molar-refractivity contribution in [3.8, 4) is 5.75 Å². The van der Waals surface area contributed by atoms with Gasteiger partial charge in [-0.1, -0.05) is 18.9 Å². The van der Waals surface area contributed by atoms with Crippen LogP contribution < -0.4 is 10.1 Å². The van der Waals surface area contributed by atoms with Crippen molar-refractivity contribution < 1.29 is 4.74 Å². The van der Waals surface area contributed by atoms with E-state index in [0.29, 0.717) is 12.1 Å². The minimum absolute atomic E-state index is 0.432. The minimum Gasteiger partial charge on any atom is -0.497 e. The predicted octanol–water partition coefficient (Wildman–Crippen LogP) is 3.15. The molecule has 1 saturated heterocycles. The number of fused-ring (bicyclic) bond motifs is 1. The number of nitrogens with zero attached hydrogens (tertiary/aromatic N) is 1. The van der Waals surface area contributed by atoms with Gasteiger partial charge in [0.15, 0.2) is 0 Å². The van der Waals surface area contributed by atoms with E-state index in [1.165, 1.54) is 62.7 Å². The van der Waals surface area contributed by atoms with Gasteiger partial charge in [-0.3, -0.25) is 4.90 Å². The van der Waals surface area contributed by atoms with E-state index in [4.69, 9.17) is 4.74 Å². The van der Waals surface area contributed by atoms with Gasteiger partial charge in [0.25, 0.3) is 0 Å². The molecule has 2 atom stereocenters. The number of hydrogen-bond acceptors (Lipinski definition) is 3. The molecule has 0 amide bonds. The summed E-state index contributed by atoms with van der Waals surface area (Å²) in [5, 5.41) is 3.58. The lowest BCUT2D eigenvalue weighted by Gasteiger charge is -2.40. The molecule has 1 heterocycles. The van der Waals surface area contributed by atoms with Gasteiger partial charge in [0.05, 0.1) is 7.11 Å². The second-order valence-corrected chi connectivity index (χ2v) is 6.39. The molecule has 2 unspecified atom stereocenters. The molecule has 0 spiro atoms. The van der Waals surface area contributed by atoms with E-state index in [0.717, 1.165) is 5.75 Å². The first-order valence-corrected chi connectivity index (χ1v) is 8.41. The molecule has 116 valence electrons. The summed E-state index contributed by atoms with van der Waals surface area (Å²) in [5.41, 5.74) is 2.93. The Morgan fingerprint density at radius 2 is 1.90 bits per heavy atom. The van der Waals surface area contributed by atoms with Crippen LogP contribution >= 0.6 is 0 Å². The van der Waals surface area contributed by atoms with Crippen LogP contribution in [0.2, 0.25) is 0 Å². The Morgan fingerprint density at radius 3 is 2.57 bits per heavy atom. The highest BCUT2D eigenvalue weighted by Crippen LogP contribution is 2.35. The van der Waals surface area contributed by atoms with E-state index in [1.54, 1.807) is 7.11 Å². The van der Waals surface area contributed by atoms with E-state index in [-0.39, 0.29) is 0 Å². The van der Waals surface area contributed by atoms with E-state index < -0.39 is 0 Å². The quantitative estimate of drug-likeness (QED) is 0.924. The molecule has 1 aromatic carbocycles. The number of ether oxygens (including phenoxy) is 1. The fraction of sp³-hybridized carbons (Fsp3) is 0.667. The molecular weight excluding hydrogens is 260 g/mol. The third kappa shape index (κ3) is 3.09. The monoisotopic (exact) mass is 288 g/mol. The van der Waals surface area contributed by atoms with E-state index in [1.807, 2.05) is 0 Å². The summed E-state index contributed by atoms with van der Waals surface area (Å²) >= 11 is 0. The fourth-order valence-corrected chi connectivity index (χ4v) is 4.06. The Bertz CT molecular complexity index is 466. The van der Waals surface area contributed by atoms with Crippen LogP contribution in [-0.2, 0) is 6.42 Å². The smallest absolute Gasteiger partial charge is 0.119 e. The van der Waals surface area contributed by atoms with Gasteiger partial charge in [-0.05, 0) is 69.1 Å². The summed E-state index contributed by atoms with van der Waals surface area (Å²) in [6.07, 6.45) is 7.98. The molecule has 21 heavy (non-hydrogen) atoms. The van der Waals surface area contributed by atoms with Crippen LogP contribution in [0.4, 0.5) is 0 Å². The molecule has 0 radical (unpaired) electrons. The third-order valence-electron chi connectivity index (χ3n) is 5.20. The van der Waals surface area contributed by atoms with Crippen molar-refractivity contribution in [2.75, 3.05) is 27.2 Å². The summed E-state index contributed by atoms with van der Waals surface area (Å²) in [6.45, 7) is 2.53. The Morgan fingerprint density at radius 1 is 1.14 bits per heavy atom. The van der Waals surface area contributed by atoms with E-state index in [9.17, 15) is 0 Å². The molecule has 0 aromatic heterocycles. The largest absolute Gasteiger partial charge is 0.497 e. The molecule has 2 aliphatic rings. The normalized spacial score (nSPS) is 27.0. The van der Waals surface area contributed by atoms with Crippen LogP contribution in [0.3, 0.4) is 0 Å². The molecular formula is C18H28N2O. The minimum atomic E-state index is 0.432. The summed E-state index contributed by atoms with van der Waals surface area (Å²) in [5.74, 6) is 0.977. The van der Waals surface area contributed by atoms with Gasteiger partial charge in [0.1, 0.15) is 5.75 Å². The van der Waals surface area contributed by atoms with Gasteiger partial charge in [-0.15, -0.1) is 0 Å². The van der Waals surface area contributed by atoms with Crippen molar-refractivity contribution in [2.45, 2.75) is 50.6 Å². The summed E-state index contributed by atoms with van der Waals surface area (Å²) in [7, 11) is 3.86. The molecule has 0 bridgehead atoms. The van der Waals surface area contributed by atoms with Gasteiger partial charge >= 0.3 is 0 Å². The second-order valence-electron chi connectivity index (χ2n) is 6.39. The number of aryl methyl sites for hydroxylation is 1. The molecule has 1 fully saturated rings. The zero-order valence-corrected chi connectivity index (χ0v) is 13.4. The average molecular weight is 288 g/mol. The van der Waals surface area contributed by atoms with Gasteiger partial charge in [0, 0.05) is 12.1 Å². The number of likely N-dealkylation sites (N-methyl/N-ethyl adjacent to an activating group) is 1. The topological polar surface area (TPSA) is 24.5 Å². The number of rotatable bonds is 3. The van der Waals surface area contributed by atoms with Crippen molar-refractivity contribution in [3.05, 3.63) is 29.3 Å². The summed E-state index contributed by atoms with van der Waals surface area (Å²) in [4.78, 5) is 2.73. The van der Waals surface area contributed by atoms with Gasteiger partial charge < -0.3 is 10.1 Å². The highest BCUT2D eigenvalue weighted by atomic mass is 16.5. The SMILES string of the molecule is CNC1c2cc(OC)ccc2CCC1N1CCCCCC1. The number of hydrogen-bond donors (Lipinski definition) is 1. The van der Waals surface area contributed by atoms with Crippen molar-refractivity contribution in [1.82, 2.24) is 10.2 Å². The van der Waals surface area contributed by atoms with Crippen LogP contribution in [0.1, 0.15) is 49.3 Å². The molecule has 3 nitrogen and oxygen atoms in total. The Kier molecular flexibility index (Phi) is 4.81. The standard InChI is InChI=1S/C18H28N2O/c1-19-18-16-13-15(21-2)9-7-14(16)8-10-17(18)20-11-5-3-4-6-12-20/h7,9,13,17-19H,3-6,8,10-12H2,1-2H3. The third-order valence-corrected chi connectivity index (χ3v) is 5.20. The summed E-state index contributed by atoms with van der Waals surface area (Å²) in [6, 6.07) is 7.64. The maximum Gasteiger partial charge on any atom is 0.119 e. The fourth-order valence-electron chi connectivity index (χ4n) is 4.06. The Balaban J connectivity index is 1.86. The molecule has 3 rings (SSSR count). The van der Waals surface area contributed by atoms with Gasteiger partial charge in [0.2, 0.25) is 0 Å². The molecule has 1 aromatic rings. The zero-order chi connectivity index (χ0) is 14.7. The predicted molar refractivity (Wildman–Crippen MR) is 86.9 cm³/mol. The van der Waals surface area contributed by atoms with Crippen LogP contribution in [0.15, 0.2) is 18.2 Å². The van der Waals surface area contributed by atoms with Gasteiger partial charge in [-0.2, -0.15) is 0 Å². The first kappa shape index (κ1) is 14.9. The first-order chi connectivity index (χ1) is 10.3. The highest BCUT2D eigenvalue weighted by molar-refractivity contribution is 5.40. The Hall–Kier alpha value is -1.06. The zero-order valence-electron chi connectivity index (χ0n) is 13.4. The number of nitrogens with one attached hydrogen (secondary N) is 1. The van der Waals surface area contributed by atoms with Crippen LogP contribution in [0.5, 0.6) is 5.75 Å². The lowest BCUT2D eigenvalue weighted by Crippen LogP contribution is -2.46. The highest BCUT2D eigenvalue weighted by Gasteiger charge is 2.33.